The molecular formula is C13H11BrN6O. The molecule has 2 heterocycles. The van der Waals surface area contributed by atoms with Crippen molar-refractivity contribution in [3.05, 3.63) is 46.7 Å². The zero-order chi connectivity index (χ0) is 14.8. The molecule has 0 amide bonds. The van der Waals surface area contributed by atoms with Crippen LogP contribution in [0.3, 0.4) is 0 Å². The van der Waals surface area contributed by atoms with Crippen molar-refractivity contribution < 1.29 is 4.74 Å². The zero-order valence-corrected chi connectivity index (χ0v) is 12.6. The van der Waals surface area contributed by atoms with Gasteiger partial charge in [-0.2, -0.15) is 20.1 Å². The molecule has 3 aromatic rings. The fourth-order valence-electron chi connectivity index (χ4n) is 1.68. The van der Waals surface area contributed by atoms with Crippen LogP contribution in [-0.4, -0.2) is 24.7 Å². The van der Waals surface area contributed by atoms with Crippen LogP contribution in [0.5, 0.6) is 11.8 Å². The Morgan fingerprint density at radius 3 is 2.86 bits per heavy atom. The molecule has 8 heteroatoms. The summed E-state index contributed by atoms with van der Waals surface area (Å²) in [6.45, 7) is 1.93. The molecule has 0 atom stereocenters. The lowest BCUT2D eigenvalue weighted by atomic mass is 10.2. The van der Waals surface area contributed by atoms with Gasteiger partial charge in [0.15, 0.2) is 0 Å². The van der Waals surface area contributed by atoms with E-state index in [0.29, 0.717) is 11.7 Å². The van der Waals surface area contributed by atoms with Crippen molar-refractivity contribution in [1.82, 2.24) is 24.7 Å². The number of rotatable bonds is 3. The quantitative estimate of drug-likeness (QED) is 0.783. The number of halogens is 1. The minimum absolute atomic E-state index is 0.0677. The monoisotopic (exact) mass is 346 g/mol. The van der Waals surface area contributed by atoms with Crippen LogP contribution in [-0.2, 0) is 0 Å². The molecule has 0 bridgehead atoms. The Hall–Kier alpha value is -2.48. The van der Waals surface area contributed by atoms with Crippen LogP contribution in [0.25, 0.3) is 5.95 Å². The number of aryl methyl sites for hydroxylation is 1. The predicted molar refractivity (Wildman–Crippen MR) is 80.3 cm³/mol. The lowest BCUT2D eigenvalue weighted by molar-refractivity contribution is 0.435. The van der Waals surface area contributed by atoms with Crippen LogP contribution in [0.1, 0.15) is 5.56 Å². The molecule has 0 radical (unpaired) electrons. The average Bonchev–Trinajstić information content (AvgIpc) is 2.96. The number of nitrogens with two attached hydrogens (primary N) is 1. The highest BCUT2D eigenvalue weighted by atomic mass is 79.9. The topological polar surface area (TPSA) is 91.7 Å². The maximum absolute atomic E-state index is 5.70. The Morgan fingerprint density at radius 1 is 1.24 bits per heavy atom. The fourth-order valence-corrected chi connectivity index (χ4v) is 2.02. The molecule has 106 valence electrons. The van der Waals surface area contributed by atoms with E-state index in [4.69, 9.17) is 10.5 Å². The molecule has 0 aliphatic rings. The maximum atomic E-state index is 5.70. The first kappa shape index (κ1) is 13.5. The molecule has 2 N–H and O–H groups in total. The SMILES string of the molecule is Cc1ccc(Br)cc1Oc1nc(N)nc(-n2cccn2)n1. The number of nitrogens with zero attached hydrogens (tertiary/aromatic N) is 5. The summed E-state index contributed by atoms with van der Waals surface area (Å²) in [6, 6.07) is 7.58. The third-order valence-corrected chi connectivity index (χ3v) is 3.17. The van der Waals surface area contributed by atoms with Gasteiger partial charge >= 0.3 is 6.01 Å². The highest BCUT2D eigenvalue weighted by Crippen LogP contribution is 2.26. The summed E-state index contributed by atoms with van der Waals surface area (Å²) in [5.41, 5.74) is 6.65. The molecule has 0 spiro atoms. The molecular weight excluding hydrogens is 336 g/mol. The summed E-state index contributed by atoms with van der Waals surface area (Å²) in [5.74, 6) is 1.01. The smallest absolute Gasteiger partial charge is 0.328 e. The van der Waals surface area contributed by atoms with Gasteiger partial charge in [-0.15, -0.1) is 0 Å². The van der Waals surface area contributed by atoms with E-state index in [1.807, 2.05) is 25.1 Å². The lowest BCUT2D eigenvalue weighted by Crippen LogP contribution is -2.08. The Labute approximate surface area is 128 Å². The second-order valence-corrected chi connectivity index (χ2v) is 5.15. The van der Waals surface area contributed by atoms with Crippen LogP contribution < -0.4 is 10.5 Å². The van der Waals surface area contributed by atoms with Crippen molar-refractivity contribution in [2.45, 2.75) is 6.92 Å². The van der Waals surface area contributed by atoms with Gasteiger partial charge in [0.2, 0.25) is 5.95 Å². The van der Waals surface area contributed by atoms with Gasteiger partial charge in [-0.1, -0.05) is 22.0 Å². The summed E-state index contributed by atoms with van der Waals surface area (Å²) in [6.07, 6.45) is 3.34. The summed E-state index contributed by atoms with van der Waals surface area (Å²) in [5, 5.41) is 4.05. The first-order valence-electron chi connectivity index (χ1n) is 6.07. The van der Waals surface area contributed by atoms with Crippen molar-refractivity contribution in [1.29, 1.82) is 0 Å². The summed E-state index contributed by atoms with van der Waals surface area (Å²) in [4.78, 5) is 12.2. The molecule has 3 rings (SSSR count). The summed E-state index contributed by atoms with van der Waals surface area (Å²) >= 11 is 3.40. The number of anilines is 1. The van der Waals surface area contributed by atoms with E-state index in [-0.39, 0.29) is 12.0 Å². The Bertz CT molecular complexity index is 774. The van der Waals surface area contributed by atoms with Gasteiger partial charge in [-0.25, -0.2) is 4.68 Å². The Kier molecular flexibility index (Phi) is 3.53. The molecule has 0 unspecified atom stereocenters. The van der Waals surface area contributed by atoms with Gasteiger partial charge in [0.1, 0.15) is 5.75 Å². The van der Waals surface area contributed by atoms with Crippen LogP contribution >= 0.6 is 15.9 Å². The van der Waals surface area contributed by atoms with Gasteiger partial charge in [-0.3, -0.25) is 0 Å². The largest absolute Gasteiger partial charge is 0.424 e. The first-order valence-corrected chi connectivity index (χ1v) is 6.87. The summed E-state index contributed by atoms with van der Waals surface area (Å²) in [7, 11) is 0. The molecule has 0 aliphatic carbocycles. The molecule has 21 heavy (non-hydrogen) atoms. The second kappa shape index (κ2) is 5.49. The molecule has 0 aliphatic heterocycles. The highest BCUT2D eigenvalue weighted by molar-refractivity contribution is 9.10. The number of nitrogen functional groups attached to an aromatic ring is 1. The van der Waals surface area contributed by atoms with E-state index in [0.717, 1.165) is 10.0 Å². The van der Waals surface area contributed by atoms with Crippen molar-refractivity contribution >= 4 is 21.9 Å². The third kappa shape index (κ3) is 3.00. The Morgan fingerprint density at radius 2 is 2.10 bits per heavy atom. The Balaban J connectivity index is 1.97. The van der Waals surface area contributed by atoms with E-state index in [2.05, 4.69) is 36.0 Å². The van der Waals surface area contributed by atoms with E-state index in [1.54, 1.807) is 18.5 Å². The third-order valence-electron chi connectivity index (χ3n) is 2.68. The molecule has 0 fully saturated rings. The normalized spacial score (nSPS) is 10.6. The van der Waals surface area contributed by atoms with Crippen LogP contribution in [0.2, 0.25) is 0 Å². The van der Waals surface area contributed by atoms with Gasteiger partial charge in [0.05, 0.1) is 0 Å². The number of hydrogen-bond acceptors (Lipinski definition) is 6. The van der Waals surface area contributed by atoms with E-state index in [9.17, 15) is 0 Å². The molecule has 1 aromatic carbocycles. The fraction of sp³-hybridized carbons (Fsp3) is 0.0769. The maximum Gasteiger partial charge on any atom is 0.328 e. The number of ether oxygens (including phenoxy) is 1. The van der Waals surface area contributed by atoms with Gasteiger partial charge in [-0.05, 0) is 30.7 Å². The summed E-state index contributed by atoms with van der Waals surface area (Å²) < 4.78 is 8.08. The number of benzene rings is 1. The lowest BCUT2D eigenvalue weighted by Gasteiger charge is -2.08. The van der Waals surface area contributed by atoms with Crippen molar-refractivity contribution in [3.63, 3.8) is 0 Å². The van der Waals surface area contributed by atoms with Crippen LogP contribution in [0, 0.1) is 6.92 Å². The minimum atomic E-state index is 0.0677. The molecule has 7 nitrogen and oxygen atoms in total. The van der Waals surface area contributed by atoms with Gasteiger partial charge < -0.3 is 10.5 Å². The van der Waals surface area contributed by atoms with Crippen molar-refractivity contribution in [2.24, 2.45) is 0 Å². The van der Waals surface area contributed by atoms with Crippen LogP contribution in [0.15, 0.2) is 41.1 Å². The highest BCUT2D eigenvalue weighted by Gasteiger charge is 2.10. The van der Waals surface area contributed by atoms with E-state index < -0.39 is 0 Å². The zero-order valence-electron chi connectivity index (χ0n) is 11.1. The first-order chi connectivity index (χ1) is 10.1. The van der Waals surface area contributed by atoms with E-state index >= 15 is 0 Å². The molecule has 0 saturated heterocycles. The molecule has 2 aromatic heterocycles. The standard InChI is InChI=1S/C13H11BrN6O/c1-8-3-4-9(14)7-10(8)21-13-18-11(15)17-12(19-13)20-6-2-5-16-20/h2-7H,1H3,(H2,15,17,18,19). The van der Waals surface area contributed by atoms with Gasteiger partial charge in [0, 0.05) is 16.9 Å². The average molecular weight is 347 g/mol. The van der Waals surface area contributed by atoms with Crippen LogP contribution in [0.4, 0.5) is 5.95 Å². The predicted octanol–water partition coefficient (Wildman–Crippen LogP) is 2.50. The van der Waals surface area contributed by atoms with Crippen molar-refractivity contribution in [2.75, 3.05) is 5.73 Å². The van der Waals surface area contributed by atoms with Gasteiger partial charge in [0.25, 0.3) is 5.95 Å². The number of hydrogen-bond donors (Lipinski definition) is 1. The van der Waals surface area contributed by atoms with E-state index in [1.165, 1.54) is 4.68 Å². The second-order valence-electron chi connectivity index (χ2n) is 4.24. The minimum Gasteiger partial charge on any atom is -0.424 e. The number of aromatic nitrogens is 5. The molecule has 0 saturated carbocycles. The van der Waals surface area contributed by atoms with Crippen molar-refractivity contribution in [3.8, 4) is 17.7 Å².